The fraction of sp³-hybridized carbons (Fsp3) is 0.591. The number of hydrogen-bond donors (Lipinski definition) is 2. The van der Waals surface area contributed by atoms with Crippen molar-refractivity contribution >= 4 is 23.6 Å². The van der Waals surface area contributed by atoms with E-state index < -0.39 is 29.7 Å². The first-order valence-corrected chi connectivity index (χ1v) is 10.6. The molecule has 0 aromatic carbocycles. The third-order valence-corrected chi connectivity index (χ3v) is 5.01. The molecule has 10 heteroatoms. The van der Waals surface area contributed by atoms with Crippen LogP contribution in [0.5, 0.6) is 0 Å². The minimum Gasteiger partial charge on any atom is -0.447 e. The Bertz CT molecular complexity index is 812. The first-order valence-electron chi connectivity index (χ1n) is 10.6. The second-order valence-electron chi connectivity index (χ2n) is 7.88. The number of methoxy groups -OCH3 is 1. The molecule has 10 nitrogen and oxygen atoms in total. The van der Waals surface area contributed by atoms with Crippen molar-refractivity contribution in [3.63, 3.8) is 0 Å². The summed E-state index contributed by atoms with van der Waals surface area (Å²) in [5.41, 5.74) is 1.46. The molecule has 0 aliphatic carbocycles. The highest BCUT2D eigenvalue weighted by molar-refractivity contribution is 6.37. The van der Waals surface area contributed by atoms with E-state index in [0.29, 0.717) is 18.9 Å². The van der Waals surface area contributed by atoms with Crippen molar-refractivity contribution in [1.82, 2.24) is 15.6 Å². The molecule has 2 atom stereocenters. The van der Waals surface area contributed by atoms with Crippen LogP contribution < -0.4 is 10.6 Å². The fourth-order valence-corrected chi connectivity index (χ4v) is 3.31. The summed E-state index contributed by atoms with van der Waals surface area (Å²) in [5, 5.41) is 5.14. The van der Waals surface area contributed by atoms with Gasteiger partial charge in [-0.25, -0.2) is 4.79 Å². The van der Waals surface area contributed by atoms with Gasteiger partial charge in [0.2, 0.25) is 5.78 Å². The molecule has 1 aromatic heterocycles. The molecule has 0 radical (unpaired) electrons. The van der Waals surface area contributed by atoms with Gasteiger partial charge in [0, 0.05) is 44.3 Å². The summed E-state index contributed by atoms with van der Waals surface area (Å²) in [6.07, 6.45) is 0.834. The number of aromatic nitrogens is 1. The number of rotatable bonds is 11. The maximum atomic E-state index is 13.0. The van der Waals surface area contributed by atoms with E-state index in [0.717, 1.165) is 5.56 Å². The molecular formula is C22H31N3O7. The SMILES string of the molecule is COCCOCCOC(=O)NC(C(=O)CC1Cc2cc(ccn2)CNC(=O)C1=O)C(C)C. The molecule has 2 heterocycles. The lowest BCUT2D eigenvalue weighted by molar-refractivity contribution is -0.141. The van der Waals surface area contributed by atoms with Crippen molar-refractivity contribution in [2.45, 2.75) is 39.3 Å². The van der Waals surface area contributed by atoms with Gasteiger partial charge in [0.15, 0.2) is 5.78 Å². The maximum Gasteiger partial charge on any atom is 0.407 e. The van der Waals surface area contributed by atoms with Crippen molar-refractivity contribution in [3.05, 3.63) is 29.6 Å². The van der Waals surface area contributed by atoms with E-state index in [1.807, 2.05) is 0 Å². The number of hydrogen-bond acceptors (Lipinski definition) is 8. The number of fused-ring (bicyclic) bond motifs is 2. The number of carbonyl (C=O) groups is 4. The zero-order chi connectivity index (χ0) is 23.5. The molecule has 0 fully saturated rings. The smallest absolute Gasteiger partial charge is 0.407 e. The van der Waals surface area contributed by atoms with Crippen molar-refractivity contribution in [3.8, 4) is 0 Å². The molecule has 1 aliphatic rings. The molecule has 176 valence electrons. The lowest BCUT2D eigenvalue weighted by Crippen LogP contribution is -2.46. The highest BCUT2D eigenvalue weighted by Crippen LogP contribution is 2.18. The summed E-state index contributed by atoms with van der Waals surface area (Å²) in [6, 6.07) is 2.70. The summed E-state index contributed by atoms with van der Waals surface area (Å²) >= 11 is 0. The molecular weight excluding hydrogens is 418 g/mol. The molecule has 2 N–H and O–H groups in total. The van der Waals surface area contributed by atoms with Gasteiger partial charge in [0.25, 0.3) is 5.91 Å². The normalized spacial score (nSPS) is 17.1. The van der Waals surface area contributed by atoms with Gasteiger partial charge in [-0.1, -0.05) is 13.8 Å². The van der Waals surface area contributed by atoms with Crippen LogP contribution in [-0.2, 0) is 41.6 Å². The van der Waals surface area contributed by atoms with Gasteiger partial charge in [0.1, 0.15) is 6.61 Å². The van der Waals surface area contributed by atoms with Crippen LogP contribution in [0.15, 0.2) is 18.3 Å². The Hall–Kier alpha value is -2.85. The van der Waals surface area contributed by atoms with Crippen molar-refractivity contribution in [2.24, 2.45) is 11.8 Å². The molecule has 2 rings (SSSR count). The quantitative estimate of drug-likeness (QED) is 0.375. The number of ketones is 2. The molecule has 2 amide bonds. The highest BCUT2D eigenvalue weighted by Gasteiger charge is 2.33. The number of ether oxygens (including phenoxy) is 3. The van der Waals surface area contributed by atoms with Crippen LogP contribution in [0.4, 0.5) is 4.79 Å². The lowest BCUT2D eigenvalue weighted by atomic mass is 9.87. The molecule has 1 aliphatic heterocycles. The van der Waals surface area contributed by atoms with E-state index in [1.165, 1.54) is 0 Å². The first kappa shape index (κ1) is 25.4. The van der Waals surface area contributed by atoms with Crippen LogP contribution in [-0.4, -0.2) is 68.1 Å². The predicted molar refractivity (Wildman–Crippen MR) is 114 cm³/mol. The van der Waals surface area contributed by atoms with Crippen molar-refractivity contribution < 1.29 is 33.4 Å². The third kappa shape index (κ3) is 8.01. The maximum absolute atomic E-state index is 13.0. The van der Waals surface area contributed by atoms with E-state index >= 15 is 0 Å². The number of carbonyl (C=O) groups excluding carboxylic acids is 4. The van der Waals surface area contributed by atoms with E-state index in [2.05, 4.69) is 15.6 Å². The molecule has 0 spiro atoms. The van der Waals surface area contributed by atoms with E-state index in [1.54, 1.807) is 39.3 Å². The largest absolute Gasteiger partial charge is 0.447 e. The molecule has 0 saturated heterocycles. The summed E-state index contributed by atoms with van der Waals surface area (Å²) in [6.45, 7) is 4.83. The number of pyridine rings is 1. The van der Waals surface area contributed by atoms with Crippen LogP contribution in [0.1, 0.15) is 31.5 Å². The van der Waals surface area contributed by atoms with Gasteiger partial charge in [-0.3, -0.25) is 19.4 Å². The van der Waals surface area contributed by atoms with Crippen LogP contribution in [0, 0.1) is 11.8 Å². The van der Waals surface area contributed by atoms with Gasteiger partial charge >= 0.3 is 6.09 Å². The van der Waals surface area contributed by atoms with Crippen LogP contribution in [0.2, 0.25) is 0 Å². The van der Waals surface area contributed by atoms with Gasteiger partial charge < -0.3 is 24.8 Å². The van der Waals surface area contributed by atoms with Crippen LogP contribution >= 0.6 is 0 Å². The number of nitrogens with zero attached hydrogens (tertiary/aromatic N) is 1. The van der Waals surface area contributed by atoms with E-state index in [9.17, 15) is 19.2 Å². The molecule has 32 heavy (non-hydrogen) atoms. The Morgan fingerprint density at radius 3 is 2.69 bits per heavy atom. The predicted octanol–water partition coefficient (Wildman–Crippen LogP) is 0.812. The Morgan fingerprint density at radius 1 is 1.22 bits per heavy atom. The zero-order valence-corrected chi connectivity index (χ0v) is 18.7. The highest BCUT2D eigenvalue weighted by atomic mass is 16.6. The van der Waals surface area contributed by atoms with Crippen molar-refractivity contribution in [1.29, 1.82) is 0 Å². The Kier molecular flexibility index (Phi) is 10.2. The van der Waals surface area contributed by atoms with Crippen LogP contribution in [0.25, 0.3) is 0 Å². The number of amides is 2. The Labute approximate surface area is 187 Å². The number of alkyl carbamates (subject to hydrolysis) is 1. The monoisotopic (exact) mass is 449 g/mol. The number of nitrogens with one attached hydrogen (secondary N) is 2. The van der Waals surface area contributed by atoms with Gasteiger partial charge in [-0.15, -0.1) is 0 Å². The average Bonchev–Trinajstić information content (AvgIpc) is 2.79. The minimum absolute atomic E-state index is 0.0256. The van der Waals surface area contributed by atoms with Gasteiger partial charge in [0.05, 0.1) is 25.9 Å². The topological polar surface area (TPSA) is 133 Å². The second-order valence-corrected chi connectivity index (χ2v) is 7.88. The molecule has 2 bridgehead atoms. The fourth-order valence-electron chi connectivity index (χ4n) is 3.31. The summed E-state index contributed by atoms with van der Waals surface area (Å²) in [7, 11) is 1.56. The average molecular weight is 450 g/mol. The first-order chi connectivity index (χ1) is 15.3. The molecule has 2 unspecified atom stereocenters. The van der Waals surface area contributed by atoms with Crippen molar-refractivity contribution in [2.75, 3.05) is 33.5 Å². The Balaban J connectivity index is 1.97. The van der Waals surface area contributed by atoms with Gasteiger partial charge in [-0.2, -0.15) is 0 Å². The molecule has 1 aromatic rings. The minimum atomic E-state index is -0.864. The number of Topliss-reactive ketones (excluding diaryl/α,β-unsaturated/α-hetero) is 2. The van der Waals surface area contributed by atoms with E-state index in [-0.39, 0.29) is 44.3 Å². The third-order valence-electron chi connectivity index (χ3n) is 5.01. The zero-order valence-electron chi connectivity index (χ0n) is 18.7. The molecule has 0 saturated carbocycles. The Morgan fingerprint density at radius 2 is 1.97 bits per heavy atom. The van der Waals surface area contributed by atoms with E-state index in [4.69, 9.17) is 14.2 Å². The summed E-state index contributed by atoms with van der Waals surface area (Å²) in [5.74, 6) is -2.85. The summed E-state index contributed by atoms with van der Waals surface area (Å²) in [4.78, 5) is 54.2. The standard InChI is InChI=1S/C22H31N3O7/c1-14(2)19(25-22(29)32-9-8-31-7-6-30-3)18(26)12-16-11-17-10-15(4-5-23-17)13-24-21(28)20(16)27/h4-5,10,14,16,19H,6-9,11-13H2,1-3H3,(H,24,28)(H,25,29). The van der Waals surface area contributed by atoms with Crippen LogP contribution in [0.3, 0.4) is 0 Å². The second kappa shape index (κ2) is 12.9. The van der Waals surface area contributed by atoms with Gasteiger partial charge in [-0.05, 0) is 23.6 Å². The summed E-state index contributed by atoms with van der Waals surface area (Å²) < 4.78 is 15.1. The lowest BCUT2D eigenvalue weighted by Gasteiger charge is -2.23.